The van der Waals surface area contributed by atoms with Crippen LogP contribution in [0, 0.1) is 0 Å². The van der Waals surface area contributed by atoms with Gasteiger partial charge in [-0.3, -0.25) is 0 Å². The Hall–Kier alpha value is -3.13. The predicted molar refractivity (Wildman–Crippen MR) is 115 cm³/mol. The Labute approximate surface area is 175 Å². The van der Waals surface area contributed by atoms with Crippen molar-refractivity contribution in [2.24, 2.45) is 0 Å². The van der Waals surface area contributed by atoms with Crippen molar-refractivity contribution >= 4 is 17.4 Å². The van der Waals surface area contributed by atoms with Crippen molar-refractivity contribution in [3.8, 4) is 11.3 Å². The number of fused-ring (bicyclic) bond motifs is 1. The molecule has 3 heterocycles. The van der Waals surface area contributed by atoms with E-state index in [1.54, 1.807) is 6.20 Å². The topological polar surface area (TPSA) is 81.0 Å². The molecule has 158 valence electrons. The highest BCUT2D eigenvalue weighted by atomic mass is 16.6. The minimum Gasteiger partial charge on any atom is -0.444 e. The van der Waals surface area contributed by atoms with Gasteiger partial charge in [0.1, 0.15) is 11.4 Å². The van der Waals surface area contributed by atoms with Gasteiger partial charge in [0.05, 0.1) is 36.8 Å². The van der Waals surface area contributed by atoms with E-state index in [-0.39, 0.29) is 0 Å². The third kappa shape index (κ3) is 4.71. The van der Waals surface area contributed by atoms with Crippen LogP contribution in [0.1, 0.15) is 26.3 Å². The van der Waals surface area contributed by atoms with Crippen molar-refractivity contribution in [2.75, 3.05) is 31.2 Å². The lowest BCUT2D eigenvalue weighted by Gasteiger charge is -2.28. The zero-order chi connectivity index (χ0) is 21.1. The fourth-order valence-corrected chi connectivity index (χ4v) is 3.34. The first-order valence-electron chi connectivity index (χ1n) is 10.1. The van der Waals surface area contributed by atoms with E-state index in [4.69, 9.17) is 14.5 Å². The number of hydrogen-bond donors (Lipinski definition) is 1. The summed E-state index contributed by atoms with van der Waals surface area (Å²) in [5.41, 5.74) is 3.30. The summed E-state index contributed by atoms with van der Waals surface area (Å²) in [6.45, 7) is 8.96. The minimum absolute atomic E-state index is 0.401. The third-order valence-electron chi connectivity index (χ3n) is 4.78. The summed E-state index contributed by atoms with van der Waals surface area (Å²) in [5, 5.41) is 7.20. The molecule has 8 nitrogen and oxygen atoms in total. The standard InChI is InChI=1S/C22H27N5O3/c1-22(2,3)30-21(28)23-14-16-4-6-17(7-5-16)20-18-8-9-24-27(18)15-19(25-20)26-10-12-29-13-11-26/h4-9,15H,10-14H2,1-3H3,(H,23,28). The normalized spacial score (nSPS) is 14.7. The van der Waals surface area contributed by atoms with Crippen molar-refractivity contribution in [1.82, 2.24) is 19.9 Å². The highest BCUT2D eigenvalue weighted by molar-refractivity contribution is 5.78. The molecule has 0 aliphatic carbocycles. The molecule has 2 aromatic heterocycles. The van der Waals surface area contributed by atoms with Crippen molar-refractivity contribution in [3.63, 3.8) is 0 Å². The lowest BCUT2D eigenvalue weighted by molar-refractivity contribution is 0.0523. The van der Waals surface area contributed by atoms with E-state index in [1.165, 1.54) is 0 Å². The fraction of sp³-hybridized carbons (Fsp3) is 0.409. The number of carbonyl (C=O) groups is 1. The van der Waals surface area contributed by atoms with Gasteiger partial charge >= 0.3 is 6.09 Å². The molecule has 1 saturated heterocycles. The van der Waals surface area contributed by atoms with Crippen molar-refractivity contribution in [1.29, 1.82) is 0 Å². The van der Waals surface area contributed by atoms with Crippen LogP contribution in [-0.2, 0) is 16.0 Å². The van der Waals surface area contributed by atoms with Crippen molar-refractivity contribution < 1.29 is 14.3 Å². The molecule has 4 rings (SSSR count). The molecular formula is C22H27N5O3. The number of amides is 1. The molecule has 1 aromatic carbocycles. The quantitative estimate of drug-likeness (QED) is 0.712. The summed E-state index contributed by atoms with van der Waals surface area (Å²) in [6.07, 6.45) is 3.32. The van der Waals surface area contributed by atoms with Crippen molar-refractivity contribution in [3.05, 3.63) is 48.3 Å². The molecule has 0 saturated carbocycles. The van der Waals surface area contributed by atoms with Crippen LogP contribution in [0.15, 0.2) is 42.7 Å². The van der Waals surface area contributed by atoms with Crippen LogP contribution in [0.25, 0.3) is 16.8 Å². The first-order valence-corrected chi connectivity index (χ1v) is 10.1. The number of aromatic nitrogens is 3. The Morgan fingerprint density at radius 1 is 1.17 bits per heavy atom. The summed E-state index contributed by atoms with van der Waals surface area (Å²) in [6, 6.07) is 9.98. The number of morpholine rings is 1. The lowest BCUT2D eigenvalue weighted by Crippen LogP contribution is -2.37. The zero-order valence-corrected chi connectivity index (χ0v) is 17.6. The van der Waals surface area contributed by atoms with Gasteiger partial charge in [0.2, 0.25) is 0 Å². The largest absolute Gasteiger partial charge is 0.444 e. The van der Waals surface area contributed by atoms with E-state index in [2.05, 4.69) is 15.3 Å². The molecule has 0 bridgehead atoms. The van der Waals surface area contributed by atoms with Gasteiger partial charge in [-0.25, -0.2) is 14.3 Å². The molecule has 1 aliphatic heterocycles. The second kappa shape index (κ2) is 8.31. The minimum atomic E-state index is -0.512. The number of benzene rings is 1. The van der Waals surface area contributed by atoms with Crippen LogP contribution in [0.3, 0.4) is 0 Å². The fourth-order valence-electron chi connectivity index (χ4n) is 3.34. The zero-order valence-electron chi connectivity index (χ0n) is 17.6. The summed E-state index contributed by atoms with van der Waals surface area (Å²) in [7, 11) is 0. The number of nitrogens with one attached hydrogen (secondary N) is 1. The maximum Gasteiger partial charge on any atom is 0.407 e. The maximum absolute atomic E-state index is 11.9. The Kier molecular flexibility index (Phi) is 5.59. The second-order valence-corrected chi connectivity index (χ2v) is 8.26. The summed E-state index contributed by atoms with van der Waals surface area (Å²) in [4.78, 5) is 19.0. The molecule has 0 atom stereocenters. The van der Waals surface area contributed by atoms with Crippen LogP contribution in [0.4, 0.5) is 10.6 Å². The monoisotopic (exact) mass is 409 g/mol. The number of ether oxygens (including phenoxy) is 2. The highest BCUT2D eigenvalue weighted by Crippen LogP contribution is 2.26. The number of anilines is 1. The average molecular weight is 409 g/mol. The number of rotatable bonds is 4. The van der Waals surface area contributed by atoms with Crippen LogP contribution in [0.2, 0.25) is 0 Å². The maximum atomic E-state index is 11.9. The smallest absolute Gasteiger partial charge is 0.407 e. The molecule has 0 spiro atoms. The Morgan fingerprint density at radius 2 is 1.90 bits per heavy atom. The number of hydrogen-bond acceptors (Lipinski definition) is 6. The Bertz CT molecular complexity index is 1020. The molecule has 30 heavy (non-hydrogen) atoms. The molecule has 1 fully saturated rings. The molecule has 8 heteroatoms. The lowest BCUT2D eigenvalue weighted by atomic mass is 10.1. The Morgan fingerprint density at radius 3 is 2.60 bits per heavy atom. The van der Waals surface area contributed by atoms with Gasteiger partial charge in [0.15, 0.2) is 0 Å². The summed E-state index contributed by atoms with van der Waals surface area (Å²) < 4.78 is 12.6. The van der Waals surface area contributed by atoms with Gasteiger partial charge in [-0.1, -0.05) is 24.3 Å². The van der Waals surface area contributed by atoms with Crippen LogP contribution >= 0.6 is 0 Å². The Balaban J connectivity index is 1.53. The number of carbonyl (C=O) groups excluding carboxylic acids is 1. The van der Waals surface area contributed by atoms with E-state index in [0.29, 0.717) is 19.8 Å². The van der Waals surface area contributed by atoms with Crippen molar-refractivity contribution in [2.45, 2.75) is 32.9 Å². The molecule has 3 aromatic rings. The van der Waals surface area contributed by atoms with Gasteiger partial charge in [0, 0.05) is 25.2 Å². The van der Waals surface area contributed by atoms with E-state index < -0.39 is 11.7 Å². The highest BCUT2D eigenvalue weighted by Gasteiger charge is 2.17. The molecule has 0 radical (unpaired) electrons. The van der Waals surface area contributed by atoms with Gasteiger partial charge in [-0.05, 0) is 32.4 Å². The van der Waals surface area contributed by atoms with Crippen LogP contribution < -0.4 is 10.2 Å². The third-order valence-corrected chi connectivity index (χ3v) is 4.78. The molecule has 1 amide bonds. The van der Waals surface area contributed by atoms with Gasteiger partial charge in [-0.15, -0.1) is 0 Å². The first-order chi connectivity index (χ1) is 14.4. The van der Waals surface area contributed by atoms with E-state index >= 15 is 0 Å². The van der Waals surface area contributed by atoms with Gasteiger partial charge in [-0.2, -0.15) is 5.10 Å². The van der Waals surface area contributed by atoms with Gasteiger partial charge < -0.3 is 19.7 Å². The number of nitrogens with zero attached hydrogens (tertiary/aromatic N) is 4. The van der Waals surface area contributed by atoms with E-state index in [9.17, 15) is 4.79 Å². The summed E-state index contributed by atoms with van der Waals surface area (Å²) in [5.74, 6) is 0.889. The molecule has 1 aliphatic rings. The first kappa shape index (κ1) is 20.2. The summed E-state index contributed by atoms with van der Waals surface area (Å²) >= 11 is 0. The average Bonchev–Trinajstić information content (AvgIpc) is 3.20. The predicted octanol–water partition coefficient (Wildman–Crippen LogP) is 3.26. The van der Waals surface area contributed by atoms with Crippen LogP contribution in [0.5, 0.6) is 0 Å². The molecular weight excluding hydrogens is 382 g/mol. The second-order valence-electron chi connectivity index (χ2n) is 8.26. The number of alkyl carbamates (subject to hydrolysis) is 1. The van der Waals surface area contributed by atoms with E-state index in [0.717, 1.165) is 41.2 Å². The molecule has 1 N–H and O–H groups in total. The van der Waals surface area contributed by atoms with Gasteiger partial charge in [0.25, 0.3) is 0 Å². The SMILES string of the molecule is CC(C)(C)OC(=O)NCc1ccc(-c2nc(N3CCOCC3)cn3nccc23)cc1. The van der Waals surface area contributed by atoms with E-state index in [1.807, 2.05) is 61.8 Å². The molecule has 0 unspecified atom stereocenters. The van der Waals surface area contributed by atoms with Crippen LogP contribution in [-0.4, -0.2) is 52.6 Å².